The van der Waals surface area contributed by atoms with Crippen LogP contribution in [0.15, 0.2) is 18.2 Å². The Bertz CT molecular complexity index is 445. The van der Waals surface area contributed by atoms with E-state index in [1.165, 1.54) is 0 Å². The van der Waals surface area contributed by atoms with Crippen LogP contribution in [0.3, 0.4) is 0 Å². The van der Waals surface area contributed by atoms with Gasteiger partial charge in [0.25, 0.3) is 0 Å². The van der Waals surface area contributed by atoms with Crippen LogP contribution in [0.25, 0.3) is 0 Å². The Balaban J connectivity index is 2.35. The third-order valence-electron chi connectivity index (χ3n) is 3.22. The van der Waals surface area contributed by atoms with E-state index in [1.807, 2.05) is 25.1 Å². The van der Waals surface area contributed by atoms with Gasteiger partial charge < -0.3 is 10.0 Å². The van der Waals surface area contributed by atoms with Crippen molar-refractivity contribution in [3.8, 4) is 0 Å². The van der Waals surface area contributed by atoms with Crippen LogP contribution in [-0.4, -0.2) is 22.9 Å². The number of hydrogen-bond donors (Lipinski definition) is 1. The number of benzene rings is 1. The summed E-state index contributed by atoms with van der Waals surface area (Å²) in [5.41, 5.74) is 2.99. The fourth-order valence-corrected chi connectivity index (χ4v) is 2.43. The normalized spacial score (nSPS) is 18.8. The van der Waals surface area contributed by atoms with Crippen molar-refractivity contribution >= 4 is 27.5 Å². The summed E-state index contributed by atoms with van der Waals surface area (Å²) in [6, 6.07) is 5.80. The van der Waals surface area contributed by atoms with E-state index in [1.54, 1.807) is 11.9 Å². The molecule has 0 saturated carbocycles. The summed E-state index contributed by atoms with van der Waals surface area (Å²) in [5.74, 6) is 0.152. The van der Waals surface area contributed by atoms with Gasteiger partial charge in [0.15, 0.2) is 0 Å². The molecule has 3 nitrogen and oxygen atoms in total. The molecule has 0 spiro atoms. The number of carbonyl (C=O) groups is 1. The number of anilines is 1. The summed E-state index contributed by atoms with van der Waals surface area (Å²) < 4.78 is 0. The molecule has 0 saturated heterocycles. The summed E-state index contributed by atoms with van der Waals surface area (Å²) >= 11 is 3.38. The molecular weight excluding hydrogens is 282 g/mol. The van der Waals surface area contributed by atoms with E-state index >= 15 is 0 Å². The number of alkyl halides is 1. The van der Waals surface area contributed by atoms with Crippen molar-refractivity contribution in [1.29, 1.82) is 0 Å². The second-order valence-electron chi connectivity index (χ2n) is 4.46. The predicted molar refractivity (Wildman–Crippen MR) is 71.5 cm³/mol. The van der Waals surface area contributed by atoms with Gasteiger partial charge in [-0.3, -0.25) is 4.79 Å². The van der Waals surface area contributed by atoms with Gasteiger partial charge in [-0.15, -0.1) is 0 Å². The molecule has 1 aliphatic heterocycles. The van der Waals surface area contributed by atoms with Gasteiger partial charge in [0.1, 0.15) is 0 Å². The average Bonchev–Trinajstić information content (AvgIpc) is 2.32. The lowest BCUT2D eigenvalue weighted by Crippen LogP contribution is -2.31. The Morgan fingerprint density at radius 2 is 2.12 bits per heavy atom. The Morgan fingerprint density at radius 1 is 1.41 bits per heavy atom. The molecule has 1 N–H and O–H groups in total. The van der Waals surface area contributed by atoms with Gasteiger partial charge in [0.2, 0.25) is 5.91 Å². The second kappa shape index (κ2) is 4.78. The van der Waals surface area contributed by atoms with Gasteiger partial charge in [-0.05, 0) is 30.5 Å². The van der Waals surface area contributed by atoms with Gasteiger partial charge in [0, 0.05) is 24.0 Å². The molecule has 2 atom stereocenters. The first-order valence-electron chi connectivity index (χ1n) is 5.72. The number of nitrogens with zero attached hydrogens (tertiary/aromatic N) is 1. The van der Waals surface area contributed by atoms with E-state index in [2.05, 4.69) is 15.9 Å². The van der Waals surface area contributed by atoms with Crippen LogP contribution < -0.4 is 4.90 Å². The summed E-state index contributed by atoms with van der Waals surface area (Å²) in [4.78, 5) is 13.3. The molecule has 17 heavy (non-hydrogen) atoms. The minimum atomic E-state index is -0.511. The smallest absolute Gasteiger partial charge is 0.227 e. The van der Waals surface area contributed by atoms with Gasteiger partial charge in [-0.2, -0.15) is 0 Å². The summed E-state index contributed by atoms with van der Waals surface area (Å²) in [7, 11) is 1.80. The molecule has 2 unspecified atom stereocenters. The van der Waals surface area contributed by atoms with Crippen molar-refractivity contribution in [2.75, 3.05) is 11.9 Å². The maximum atomic E-state index is 11.6. The van der Waals surface area contributed by atoms with Crippen molar-refractivity contribution in [3.63, 3.8) is 0 Å². The summed E-state index contributed by atoms with van der Waals surface area (Å²) in [6.45, 7) is 1.92. The van der Waals surface area contributed by atoms with Gasteiger partial charge in [-0.1, -0.05) is 28.1 Å². The van der Waals surface area contributed by atoms with Crippen LogP contribution >= 0.6 is 15.9 Å². The van der Waals surface area contributed by atoms with Crippen molar-refractivity contribution in [2.45, 2.75) is 30.7 Å². The minimum absolute atomic E-state index is 0.0171. The van der Waals surface area contributed by atoms with E-state index in [4.69, 9.17) is 0 Å². The topological polar surface area (TPSA) is 40.5 Å². The lowest BCUT2D eigenvalue weighted by Gasteiger charge is -2.27. The van der Waals surface area contributed by atoms with Crippen molar-refractivity contribution < 1.29 is 9.90 Å². The van der Waals surface area contributed by atoms with Crippen LogP contribution in [0.2, 0.25) is 0 Å². The Hall–Kier alpha value is -0.870. The number of aliphatic hydroxyl groups excluding tert-OH is 1. The van der Waals surface area contributed by atoms with Crippen LogP contribution in [0, 0.1) is 0 Å². The Morgan fingerprint density at radius 3 is 2.76 bits per heavy atom. The Labute approximate surface area is 110 Å². The zero-order chi connectivity index (χ0) is 12.6. The molecule has 0 fully saturated rings. The highest BCUT2D eigenvalue weighted by molar-refractivity contribution is 9.09. The minimum Gasteiger partial charge on any atom is -0.387 e. The van der Waals surface area contributed by atoms with E-state index in [9.17, 15) is 9.90 Å². The molecule has 0 radical (unpaired) electrons. The number of aliphatic hydroxyl groups is 1. The molecule has 0 aromatic heterocycles. The monoisotopic (exact) mass is 297 g/mol. The highest BCUT2D eigenvalue weighted by Gasteiger charge is 2.22. The highest BCUT2D eigenvalue weighted by atomic mass is 79.9. The quantitative estimate of drug-likeness (QED) is 0.852. The third kappa shape index (κ3) is 2.38. The SMILES string of the molecule is CC(Br)C(O)c1ccc2c(c1)CCC(=O)N2C. The van der Waals surface area contributed by atoms with Gasteiger partial charge in [0.05, 0.1) is 6.10 Å². The fraction of sp³-hybridized carbons (Fsp3) is 0.462. The average molecular weight is 298 g/mol. The molecule has 92 valence electrons. The van der Waals surface area contributed by atoms with E-state index in [0.29, 0.717) is 6.42 Å². The molecule has 2 rings (SSSR count). The molecule has 4 heteroatoms. The van der Waals surface area contributed by atoms with Crippen LogP contribution in [0.1, 0.15) is 30.6 Å². The second-order valence-corrected chi connectivity index (χ2v) is 5.91. The van der Waals surface area contributed by atoms with Crippen molar-refractivity contribution in [3.05, 3.63) is 29.3 Å². The summed E-state index contributed by atoms with van der Waals surface area (Å²) in [5, 5.41) is 9.99. The lowest BCUT2D eigenvalue weighted by atomic mass is 9.96. The van der Waals surface area contributed by atoms with E-state index in [0.717, 1.165) is 23.2 Å². The largest absolute Gasteiger partial charge is 0.387 e. The number of fused-ring (bicyclic) bond motifs is 1. The zero-order valence-electron chi connectivity index (χ0n) is 9.98. The maximum absolute atomic E-state index is 11.6. The first kappa shape index (κ1) is 12.6. The van der Waals surface area contributed by atoms with Gasteiger partial charge in [-0.25, -0.2) is 0 Å². The number of halogens is 1. The van der Waals surface area contributed by atoms with Crippen LogP contribution in [0.5, 0.6) is 0 Å². The fourth-order valence-electron chi connectivity index (χ4n) is 2.13. The number of hydrogen-bond acceptors (Lipinski definition) is 2. The third-order valence-corrected chi connectivity index (χ3v) is 3.72. The van der Waals surface area contributed by atoms with Crippen LogP contribution in [0.4, 0.5) is 5.69 Å². The standard InChI is InChI=1S/C13H16BrNO2/c1-8(14)13(17)10-3-5-11-9(7-10)4-6-12(16)15(11)2/h3,5,7-8,13,17H,4,6H2,1-2H3. The molecule has 1 aromatic carbocycles. The first-order chi connectivity index (χ1) is 8.00. The molecule has 1 aliphatic rings. The highest BCUT2D eigenvalue weighted by Crippen LogP contribution is 2.31. The molecule has 1 aromatic rings. The first-order valence-corrected chi connectivity index (χ1v) is 6.64. The predicted octanol–water partition coefficient (Wildman–Crippen LogP) is 2.41. The van der Waals surface area contributed by atoms with E-state index in [-0.39, 0.29) is 10.7 Å². The van der Waals surface area contributed by atoms with Crippen molar-refractivity contribution in [1.82, 2.24) is 0 Å². The van der Waals surface area contributed by atoms with Crippen LogP contribution in [-0.2, 0) is 11.2 Å². The van der Waals surface area contributed by atoms with Crippen molar-refractivity contribution in [2.24, 2.45) is 0 Å². The number of rotatable bonds is 2. The number of aryl methyl sites for hydroxylation is 1. The molecular formula is C13H16BrNO2. The molecule has 0 bridgehead atoms. The summed E-state index contributed by atoms with van der Waals surface area (Å²) in [6.07, 6.45) is 0.797. The number of carbonyl (C=O) groups excluding carboxylic acids is 1. The number of amides is 1. The van der Waals surface area contributed by atoms with E-state index < -0.39 is 6.10 Å². The molecule has 1 heterocycles. The maximum Gasteiger partial charge on any atom is 0.227 e. The zero-order valence-corrected chi connectivity index (χ0v) is 11.6. The lowest BCUT2D eigenvalue weighted by molar-refractivity contribution is -0.118. The van der Waals surface area contributed by atoms with Gasteiger partial charge >= 0.3 is 0 Å². The Kier molecular flexibility index (Phi) is 3.54. The molecule has 1 amide bonds. The molecule has 0 aliphatic carbocycles.